The molecule has 0 unspecified atom stereocenters. The molecular weight excluding hydrogens is 286 g/mol. The number of hydrogen-bond donors (Lipinski definition) is 1. The van der Waals surface area contributed by atoms with Crippen LogP contribution in [0.3, 0.4) is 0 Å². The van der Waals surface area contributed by atoms with Crippen LogP contribution in [0.15, 0.2) is 52.9 Å². The highest BCUT2D eigenvalue weighted by atomic mass is 35.5. The van der Waals surface area contributed by atoms with Crippen LogP contribution in [0.2, 0.25) is 5.02 Å². The zero-order valence-corrected chi connectivity index (χ0v) is 12.5. The van der Waals surface area contributed by atoms with Crippen molar-refractivity contribution in [3.05, 3.63) is 64.9 Å². The molecular formula is C17H16ClNO2. The summed E-state index contributed by atoms with van der Waals surface area (Å²) in [4.78, 5) is 0. The van der Waals surface area contributed by atoms with E-state index in [1.54, 1.807) is 0 Å². The molecule has 0 aliphatic rings. The fraction of sp³-hybridized carbons (Fsp3) is 0.176. The van der Waals surface area contributed by atoms with Crippen LogP contribution >= 0.6 is 11.6 Å². The monoisotopic (exact) mass is 301 g/mol. The van der Waals surface area contributed by atoms with Crippen LogP contribution in [0.1, 0.15) is 11.3 Å². The number of rotatable bonds is 5. The topological polar surface area (TPSA) is 34.4 Å². The predicted octanol–water partition coefficient (Wildman–Crippen LogP) is 4.38. The van der Waals surface area contributed by atoms with Gasteiger partial charge in [-0.3, -0.25) is 0 Å². The van der Waals surface area contributed by atoms with E-state index in [0.717, 1.165) is 22.3 Å². The van der Waals surface area contributed by atoms with Gasteiger partial charge in [0.2, 0.25) is 0 Å². The van der Waals surface area contributed by atoms with Gasteiger partial charge in [0, 0.05) is 10.9 Å². The molecule has 108 valence electrons. The fourth-order valence-corrected chi connectivity index (χ4v) is 2.51. The first kappa shape index (κ1) is 14.0. The molecule has 0 aliphatic heterocycles. The first-order valence-electron chi connectivity index (χ1n) is 6.81. The zero-order valence-electron chi connectivity index (χ0n) is 11.7. The second-order valence-corrected chi connectivity index (χ2v) is 5.16. The Morgan fingerprint density at radius 3 is 2.67 bits per heavy atom. The van der Waals surface area contributed by atoms with Crippen molar-refractivity contribution >= 4 is 22.6 Å². The number of nitrogens with one attached hydrogen (secondary N) is 1. The maximum atomic E-state index is 6.12. The van der Waals surface area contributed by atoms with E-state index in [1.165, 1.54) is 0 Å². The van der Waals surface area contributed by atoms with Gasteiger partial charge in [-0.05, 0) is 25.2 Å². The van der Waals surface area contributed by atoms with E-state index in [9.17, 15) is 0 Å². The van der Waals surface area contributed by atoms with Crippen molar-refractivity contribution < 1.29 is 9.15 Å². The largest absolute Gasteiger partial charge is 0.487 e. The van der Waals surface area contributed by atoms with Gasteiger partial charge in [-0.15, -0.1) is 0 Å². The summed E-state index contributed by atoms with van der Waals surface area (Å²) in [6, 6.07) is 15.4. The summed E-state index contributed by atoms with van der Waals surface area (Å²) in [5.74, 6) is 1.57. The Morgan fingerprint density at radius 1 is 1.10 bits per heavy atom. The van der Waals surface area contributed by atoms with Crippen LogP contribution in [-0.4, -0.2) is 7.05 Å². The lowest BCUT2D eigenvalue weighted by Gasteiger charge is -2.08. The smallest absolute Gasteiger partial charge is 0.138 e. The number of para-hydroxylation sites is 2. The molecule has 1 aromatic heterocycles. The maximum Gasteiger partial charge on any atom is 0.138 e. The Kier molecular flexibility index (Phi) is 4.13. The van der Waals surface area contributed by atoms with E-state index in [-0.39, 0.29) is 0 Å². The number of ether oxygens (including phenoxy) is 1. The highest BCUT2D eigenvalue weighted by molar-refractivity contribution is 6.32. The van der Waals surface area contributed by atoms with Crippen molar-refractivity contribution in [3.63, 3.8) is 0 Å². The molecule has 0 radical (unpaired) electrons. The molecule has 3 aromatic rings. The van der Waals surface area contributed by atoms with Crippen molar-refractivity contribution in [3.8, 4) is 5.75 Å². The summed E-state index contributed by atoms with van der Waals surface area (Å²) in [6.45, 7) is 1.09. The summed E-state index contributed by atoms with van der Waals surface area (Å²) < 4.78 is 11.7. The zero-order chi connectivity index (χ0) is 14.7. The normalized spacial score (nSPS) is 11.0. The molecule has 0 saturated heterocycles. The van der Waals surface area contributed by atoms with Crippen LogP contribution in [0, 0.1) is 0 Å². The standard InChI is InChI=1S/C17H16ClNO2/c1-19-10-17-13(12-6-2-4-8-15(12)21-17)11-20-16-9-5-3-7-14(16)18/h2-9,19H,10-11H2,1H3. The minimum absolute atomic E-state index is 0.428. The van der Waals surface area contributed by atoms with Crippen LogP contribution < -0.4 is 10.1 Å². The first-order valence-corrected chi connectivity index (χ1v) is 7.18. The van der Waals surface area contributed by atoms with Crippen molar-refractivity contribution in [2.45, 2.75) is 13.2 Å². The number of benzene rings is 2. The molecule has 0 spiro atoms. The Labute approximate surface area is 128 Å². The second kappa shape index (κ2) is 6.20. The number of hydrogen-bond acceptors (Lipinski definition) is 3. The van der Waals surface area contributed by atoms with Crippen molar-refractivity contribution in [1.29, 1.82) is 0 Å². The summed E-state index contributed by atoms with van der Waals surface area (Å²) in [6.07, 6.45) is 0. The van der Waals surface area contributed by atoms with Crippen LogP contribution in [0.4, 0.5) is 0 Å². The molecule has 21 heavy (non-hydrogen) atoms. The first-order chi connectivity index (χ1) is 10.3. The van der Waals surface area contributed by atoms with E-state index >= 15 is 0 Å². The molecule has 2 aromatic carbocycles. The van der Waals surface area contributed by atoms with Crippen LogP contribution in [0.5, 0.6) is 5.75 Å². The lowest BCUT2D eigenvalue weighted by Crippen LogP contribution is -2.07. The Morgan fingerprint density at radius 2 is 1.86 bits per heavy atom. The number of furan rings is 1. The molecule has 0 amide bonds. The molecule has 0 fully saturated rings. The van der Waals surface area contributed by atoms with E-state index in [2.05, 4.69) is 5.32 Å². The third-order valence-corrected chi connectivity index (χ3v) is 3.64. The number of halogens is 1. The Balaban J connectivity index is 1.92. The lowest BCUT2D eigenvalue weighted by molar-refractivity contribution is 0.303. The van der Waals surface area contributed by atoms with Gasteiger partial charge in [0.15, 0.2) is 0 Å². The summed E-state index contributed by atoms with van der Waals surface area (Å²) >= 11 is 6.12. The minimum Gasteiger partial charge on any atom is -0.487 e. The third kappa shape index (κ3) is 2.89. The van der Waals surface area contributed by atoms with Crippen LogP contribution in [0.25, 0.3) is 11.0 Å². The van der Waals surface area contributed by atoms with Gasteiger partial charge in [0.25, 0.3) is 0 Å². The Bertz CT molecular complexity index is 751. The molecule has 1 N–H and O–H groups in total. The van der Waals surface area contributed by atoms with E-state index in [4.69, 9.17) is 20.8 Å². The van der Waals surface area contributed by atoms with Gasteiger partial charge in [-0.1, -0.05) is 41.9 Å². The minimum atomic E-state index is 0.428. The quantitative estimate of drug-likeness (QED) is 0.759. The third-order valence-electron chi connectivity index (χ3n) is 3.33. The predicted molar refractivity (Wildman–Crippen MR) is 84.8 cm³/mol. The molecule has 0 saturated carbocycles. The van der Waals surface area contributed by atoms with Gasteiger partial charge >= 0.3 is 0 Å². The van der Waals surface area contributed by atoms with E-state index in [0.29, 0.717) is 23.9 Å². The molecule has 0 bridgehead atoms. The lowest BCUT2D eigenvalue weighted by atomic mass is 10.1. The molecule has 1 heterocycles. The van der Waals surface area contributed by atoms with E-state index < -0.39 is 0 Å². The van der Waals surface area contributed by atoms with E-state index in [1.807, 2.05) is 55.6 Å². The Hall–Kier alpha value is -1.97. The van der Waals surface area contributed by atoms with Gasteiger partial charge in [0.05, 0.1) is 11.6 Å². The summed E-state index contributed by atoms with van der Waals surface area (Å²) in [5.41, 5.74) is 1.93. The van der Waals surface area contributed by atoms with Crippen molar-refractivity contribution in [2.75, 3.05) is 7.05 Å². The molecule has 0 aliphatic carbocycles. The summed E-state index contributed by atoms with van der Waals surface area (Å²) in [7, 11) is 1.89. The van der Waals surface area contributed by atoms with Crippen molar-refractivity contribution in [2.24, 2.45) is 0 Å². The number of fused-ring (bicyclic) bond motifs is 1. The van der Waals surface area contributed by atoms with Gasteiger partial charge in [0.1, 0.15) is 23.7 Å². The maximum absolute atomic E-state index is 6.12. The average molecular weight is 302 g/mol. The second-order valence-electron chi connectivity index (χ2n) is 4.75. The fourth-order valence-electron chi connectivity index (χ4n) is 2.32. The van der Waals surface area contributed by atoms with Crippen LogP contribution in [-0.2, 0) is 13.2 Å². The van der Waals surface area contributed by atoms with Gasteiger partial charge < -0.3 is 14.5 Å². The highest BCUT2D eigenvalue weighted by Crippen LogP contribution is 2.29. The highest BCUT2D eigenvalue weighted by Gasteiger charge is 2.14. The summed E-state index contributed by atoms with van der Waals surface area (Å²) in [5, 5.41) is 4.81. The molecule has 3 rings (SSSR count). The molecule has 0 atom stereocenters. The molecule has 4 heteroatoms. The molecule has 3 nitrogen and oxygen atoms in total. The van der Waals surface area contributed by atoms with Gasteiger partial charge in [-0.2, -0.15) is 0 Å². The van der Waals surface area contributed by atoms with Crippen molar-refractivity contribution in [1.82, 2.24) is 5.32 Å². The van der Waals surface area contributed by atoms with Gasteiger partial charge in [-0.25, -0.2) is 0 Å². The SMILES string of the molecule is CNCc1oc2ccccc2c1COc1ccccc1Cl. The average Bonchev–Trinajstić information content (AvgIpc) is 2.84.